The van der Waals surface area contributed by atoms with Gasteiger partial charge in [-0.3, -0.25) is 27.2 Å². The molecule has 0 heterocycles. The van der Waals surface area contributed by atoms with Crippen molar-refractivity contribution in [2.75, 3.05) is 0 Å². The average Bonchev–Trinajstić information content (AvgIpc) is 2.29. The van der Waals surface area contributed by atoms with Gasteiger partial charge in [-0.25, -0.2) is 0 Å². The Kier molecular flexibility index (Phi) is 16300. The van der Waals surface area contributed by atoms with Crippen LogP contribution in [0.25, 0.3) is 0 Å². The summed E-state index contributed by atoms with van der Waals surface area (Å²) in [5.41, 5.74) is 0. The van der Waals surface area contributed by atoms with Crippen molar-refractivity contribution in [2.45, 2.75) is 0 Å². The average molecular weight is 225 g/mol. The van der Waals surface area contributed by atoms with Crippen molar-refractivity contribution in [3.8, 4) is 6.07 Å². The first-order valence-electron chi connectivity index (χ1n) is 1.86. The molecule has 0 amide bonds. The molecule has 0 N–H and O–H groups in total. The van der Waals surface area contributed by atoms with Crippen molar-refractivity contribution in [1.82, 2.24) is 0 Å². The van der Waals surface area contributed by atoms with Gasteiger partial charge >= 0.3 is 17.1 Å². The third kappa shape index (κ3) is 2280. The third-order valence-electron chi connectivity index (χ3n) is 0.0913. The minimum atomic E-state index is 0. The Morgan fingerprint density at radius 1 is 0.923 bits per heavy atom. The summed E-state index contributed by atoms with van der Waals surface area (Å²) in [6, 6.07) is 1.69. The molecule has 0 unspecified atom stereocenters. The monoisotopic (exact) mass is 225 g/mol. The van der Waals surface area contributed by atoms with Gasteiger partial charge in [0.05, 0.1) is 6.07 Å². The maximum absolute atomic E-state index is 7.75. The normalized spacial score (nSPS) is 2.38. The number of hydrogen-bond acceptors (Lipinski definition) is 5. The van der Waals surface area contributed by atoms with E-state index in [1.165, 1.54) is 6.08 Å². The summed E-state index contributed by atoms with van der Waals surface area (Å²) in [6.07, 6.45) is 1.18. The fraction of sp³-hybridized carbons (Fsp3) is 0. The molecule has 13 heavy (non-hydrogen) atoms. The molecule has 5 nitrogen and oxygen atoms in total. The molecule has 0 rings (SSSR count). The second kappa shape index (κ2) is 5030. The zero-order valence-electron chi connectivity index (χ0n) is 6.53. The van der Waals surface area contributed by atoms with Crippen LogP contribution < -0.4 is 0 Å². The Morgan fingerprint density at radius 2 is 1.00 bits per heavy atom. The molecule has 72 valence electrons. The number of allylic oxidation sites excluding steroid dienone is 1. The predicted molar refractivity (Wildman–Crippen MR) is 42.8 cm³/mol. The molecular formula is C7H7FeNO4. The van der Waals surface area contributed by atoms with E-state index in [2.05, 4.69) is 33.7 Å². The van der Waals surface area contributed by atoms with E-state index in [9.17, 15) is 0 Å². The second-order valence-electron chi connectivity index (χ2n) is 0.333. The molecule has 0 aromatic rings. The maximum Gasteiger partial charge on any atom is 4.00 e. The molecule has 0 aliphatic carbocycles. The van der Waals surface area contributed by atoms with Crippen LogP contribution in [0.2, 0.25) is 0 Å². The van der Waals surface area contributed by atoms with Gasteiger partial charge in [-0.2, -0.15) is 5.26 Å². The summed E-state index contributed by atoms with van der Waals surface area (Å²) in [6.45, 7) is 16.1. The van der Waals surface area contributed by atoms with Gasteiger partial charge in [-0.15, -0.1) is 0 Å². The van der Waals surface area contributed by atoms with E-state index in [0.29, 0.717) is 0 Å². The van der Waals surface area contributed by atoms with Crippen molar-refractivity contribution in [1.29, 1.82) is 5.26 Å². The van der Waals surface area contributed by atoms with Crippen molar-refractivity contribution in [3.05, 3.63) is 12.7 Å². The molecule has 0 bridgehead atoms. The first-order valence-corrected chi connectivity index (χ1v) is 1.86. The molecule has 0 aliphatic heterocycles. The molecule has 0 aromatic carbocycles. The smallest absolute Gasteiger partial charge is 0.545 e. The fourth-order valence-corrected chi connectivity index (χ4v) is 0. The van der Waals surface area contributed by atoms with Crippen LogP contribution in [-0.2, 0) is 36.2 Å². The van der Waals surface area contributed by atoms with Crippen LogP contribution in [0.4, 0.5) is 0 Å². The summed E-state index contributed by atoms with van der Waals surface area (Å²) >= 11 is 0. The molecule has 0 spiro atoms. The Morgan fingerprint density at radius 3 is 1.00 bits per heavy atom. The Labute approximate surface area is 87.9 Å². The summed E-state index contributed by atoms with van der Waals surface area (Å²) in [5, 5.41) is 7.51. The number of hydrogen-bond donors (Lipinski definition) is 0. The van der Waals surface area contributed by atoms with Crippen LogP contribution in [0, 0.1) is 11.3 Å². The van der Waals surface area contributed by atoms with E-state index < -0.39 is 0 Å². The number of nitrogens with zero attached hydrogens (tertiary/aromatic N) is 1. The molecule has 0 saturated carbocycles. The van der Waals surface area contributed by atoms with Gasteiger partial charge in [0.25, 0.3) is 0 Å². The Balaban J connectivity index is -0.0000000122. The SMILES string of the molecule is C=CC#N.[CH-]=O.[CH-]=O.[CH-]=O.[CH-]=O.[Fe+4]. The van der Waals surface area contributed by atoms with E-state index in [1.54, 1.807) is 6.07 Å². The van der Waals surface area contributed by atoms with Crippen molar-refractivity contribution < 1.29 is 36.2 Å². The van der Waals surface area contributed by atoms with Crippen LogP contribution in [0.1, 0.15) is 0 Å². The first kappa shape index (κ1) is 42.2. The molecule has 0 aliphatic rings. The van der Waals surface area contributed by atoms with Gasteiger partial charge in [0.2, 0.25) is 0 Å². The molecular weight excluding hydrogens is 218 g/mol. The zero-order valence-corrected chi connectivity index (χ0v) is 7.63. The summed E-state index contributed by atoms with van der Waals surface area (Å²) in [7, 11) is 0. The maximum atomic E-state index is 7.75. The van der Waals surface area contributed by atoms with Crippen LogP contribution in [0.5, 0.6) is 0 Å². The van der Waals surface area contributed by atoms with E-state index in [4.69, 9.17) is 24.4 Å². The topological polar surface area (TPSA) is 92.1 Å². The van der Waals surface area contributed by atoms with E-state index >= 15 is 0 Å². The number of carbonyl (C=O) groups excluding carboxylic acids is 4. The quantitative estimate of drug-likeness (QED) is 0.242. The van der Waals surface area contributed by atoms with E-state index in [-0.39, 0.29) is 17.1 Å². The molecule has 0 fully saturated rings. The molecule has 6 heteroatoms. The van der Waals surface area contributed by atoms with E-state index in [1.807, 2.05) is 0 Å². The summed E-state index contributed by atoms with van der Waals surface area (Å²) in [5.74, 6) is 0. The van der Waals surface area contributed by atoms with Crippen LogP contribution in [0.15, 0.2) is 12.7 Å². The van der Waals surface area contributed by atoms with Gasteiger partial charge in [-0.05, 0) is 0 Å². The molecule has 0 aromatic heterocycles. The van der Waals surface area contributed by atoms with Crippen molar-refractivity contribution in [2.24, 2.45) is 0 Å². The zero-order chi connectivity index (χ0) is 11.4. The van der Waals surface area contributed by atoms with Crippen molar-refractivity contribution in [3.63, 3.8) is 0 Å². The van der Waals surface area contributed by atoms with E-state index in [0.717, 1.165) is 0 Å². The largest absolute Gasteiger partial charge is 4.00 e. The number of rotatable bonds is 0. The minimum absolute atomic E-state index is 0. The minimum Gasteiger partial charge on any atom is -0.545 e. The molecule has 0 saturated heterocycles. The Bertz CT molecular complexity index is 97.2. The van der Waals surface area contributed by atoms with Crippen LogP contribution >= 0.6 is 0 Å². The third-order valence-corrected chi connectivity index (χ3v) is 0.0913. The first-order chi connectivity index (χ1) is 5.91. The Hall–Kier alpha value is -1.57. The molecule has 0 radical (unpaired) electrons. The summed E-state index contributed by atoms with van der Waals surface area (Å²) in [4.78, 5) is 31.0. The van der Waals surface area contributed by atoms with Gasteiger partial charge in [0.15, 0.2) is 0 Å². The van der Waals surface area contributed by atoms with Gasteiger partial charge in [-0.1, -0.05) is 6.58 Å². The fourth-order valence-electron chi connectivity index (χ4n) is 0. The second-order valence-corrected chi connectivity index (χ2v) is 0.333. The van der Waals surface area contributed by atoms with Gasteiger partial charge < -0.3 is 19.2 Å². The van der Waals surface area contributed by atoms with Crippen molar-refractivity contribution >= 4 is 27.2 Å². The number of nitriles is 1. The standard InChI is InChI=1S/C3H3N.4CHO.Fe/c1-2-3-4;4*1-2;/h2H,1H2;4*1H;/q;4*-1;+4. The van der Waals surface area contributed by atoms with Gasteiger partial charge in [0.1, 0.15) is 0 Å². The predicted octanol–water partition coefficient (Wildman–Crippen LogP) is -0.403. The van der Waals surface area contributed by atoms with Crippen LogP contribution in [0.3, 0.4) is 0 Å². The van der Waals surface area contributed by atoms with Gasteiger partial charge in [0, 0.05) is 6.08 Å². The summed E-state index contributed by atoms with van der Waals surface area (Å²) < 4.78 is 0. The van der Waals surface area contributed by atoms with Crippen LogP contribution in [-0.4, -0.2) is 27.2 Å². The molecule has 0 atom stereocenters.